The lowest BCUT2D eigenvalue weighted by atomic mass is 10.2. The molecule has 0 amide bonds. The van der Waals surface area contributed by atoms with Crippen molar-refractivity contribution < 1.29 is 24.1 Å². The van der Waals surface area contributed by atoms with Gasteiger partial charge in [-0.15, -0.1) is 0 Å². The summed E-state index contributed by atoms with van der Waals surface area (Å²) in [4.78, 5) is 10.7. The molecule has 1 aromatic carbocycles. The smallest absolute Gasteiger partial charge is 0.150 e. The van der Waals surface area contributed by atoms with Crippen molar-refractivity contribution in [3.8, 4) is 5.75 Å². The second-order valence-electron chi connectivity index (χ2n) is 4.50. The van der Waals surface area contributed by atoms with Crippen molar-refractivity contribution in [3.63, 3.8) is 0 Å². The van der Waals surface area contributed by atoms with Crippen molar-refractivity contribution in [2.45, 2.75) is 19.1 Å². The van der Waals surface area contributed by atoms with Gasteiger partial charge in [0.05, 0.1) is 28.3 Å². The molecule has 1 rings (SSSR count). The molecule has 2 atom stereocenters. The minimum Gasteiger partial charge on any atom is -0.488 e. The maximum absolute atomic E-state index is 10.7. The number of hydrogen-bond acceptors (Lipinski definition) is 5. The number of aliphatic hydroxyl groups is 1. The molecule has 0 saturated carbocycles. The van der Waals surface area contributed by atoms with E-state index in [1.807, 2.05) is 6.92 Å². The van der Waals surface area contributed by atoms with Crippen LogP contribution in [-0.2, 0) is 9.47 Å². The number of carbonyl (C=O) groups excluding carboxylic acids is 1. The summed E-state index contributed by atoms with van der Waals surface area (Å²) in [6, 6.07) is 3.30. The minimum atomic E-state index is -0.756. The number of halogens is 2. The fourth-order valence-corrected chi connectivity index (χ4v) is 3.02. The molecule has 2 unspecified atom stereocenters. The first-order chi connectivity index (χ1) is 9.97. The Morgan fingerprint density at radius 2 is 1.86 bits per heavy atom. The van der Waals surface area contributed by atoms with Crippen LogP contribution in [0.4, 0.5) is 0 Å². The van der Waals surface area contributed by atoms with E-state index in [2.05, 4.69) is 31.9 Å². The van der Waals surface area contributed by atoms with Crippen molar-refractivity contribution in [3.05, 3.63) is 26.6 Å². The summed E-state index contributed by atoms with van der Waals surface area (Å²) in [5.74, 6) is 0.532. The molecule has 0 heterocycles. The summed E-state index contributed by atoms with van der Waals surface area (Å²) >= 11 is 6.66. The Bertz CT molecular complexity index is 444. The lowest BCUT2D eigenvalue weighted by molar-refractivity contribution is -0.0424. The number of rotatable bonds is 9. The topological polar surface area (TPSA) is 65.0 Å². The van der Waals surface area contributed by atoms with Crippen LogP contribution in [0.25, 0.3) is 0 Å². The second kappa shape index (κ2) is 9.53. The summed E-state index contributed by atoms with van der Waals surface area (Å²) in [7, 11) is 1.59. The van der Waals surface area contributed by atoms with Gasteiger partial charge in [0.2, 0.25) is 0 Å². The molecule has 118 valence electrons. The van der Waals surface area contributed by atoms with Crippen molar-refractivity contribution in [2.75, 3.05) is 26.9 Å². The average Bonchev–Trinajstić information content (AvgIpc) is 2.44. The normalized spacial score (nSPS) is 13.8. The van der Waals surface area contributed by atoms with Crippen LogP contribution in [0.2, 0.25) is 0 Å². The van der Waals surface area contributed by atoms with E-state index in [-0.39, 0.29) is 19.3 Å². The van der Waals surface area contributed by atoms with Crippen LogP contribution in [0.3, 0.4) is 0 Å². The molecule has 0 bridgehead atoms. The Morgan fingerprint density at radius 3 is 2.38 bits per heavy atom. The van der Waals surface area contributed by atoms with E-state index < -0.39 is 6.10 Å². The van der Waals surface area contributed by atoms with Crippen LogP contribution in [0, 0.1) is 0 Å². The highest BCUT2D eigenvalue weighted by molar-refractivity contribution is 9.11. The van der Waals surface area contributed by atoms with E-state index in [1.165, 1.54) is 0 Å². The summed E-state index contributed by atoms with van der Waals surface area (Å²) in [5.41, 5.74) is 0.526. The predicted octanol–water partition coefficient (Wildman–Crippen LogP) is 2.82. The first-order valence-electron chi connectivity index (χ1n) is 6.33. The summed E-state index contributed by atoms with van der Waals surface area (Å²) in [6.45, 7) is 2.57. The quantitative estimate of drug-likeness (QED) is 0.616. The van der Waals surface area contributed by atoms with Crippen LogP contribution < -0.4 is 4.74 Å². The molecule has 0 fully saturated rings. The van der Waals surface area contributed by atoms with Gasteiger partial charge in [0, 0.05) is 12.7 Å². The molecule has 0 aliphatic carbocycles. The Kier molecular flexibility index (Phi) is 8.43. The average molecular weight is 426 g/mol. The van der Waals surface area contributed by atoms with E-state index in [0.717, 1.165) is 6.29 Å². The number of methoxy groups -OCH3 is 1. The van der Waals surface area contributed by atoms with Crippen LogP contribution in [0.15, 0.2) is 21.1 Å². The molecule has 0 aliphatic rings. The lowest BCUT2D eigenvalue weighted by Crippen LogP contribution is -2.27. The van der Waals surface area contributed by atoms with Crippen molar-refractivity contribution in [1.82, 2.24) is 0 Å². The highest BCUT2D eigenvalue weighted by Gasteiger charge is 2.13. The standard InChI is InChI=1S/C14H18Br2O5/c1-9(6-19-2)20-7-11(18)8-21-14-12(15)3-10(5-17)4-13(14)16/h3-5,9,11,18H,6-8H2,1-2H3. The van der Waals surface area contributed by atoms with Crippen molar-refractivity contribution in [2.24, 2.45) is 0 Å². The highest BCUT2D eigenvalue weighted by Crippen LogP contribution is 2.34. The van der Waals surface area contributed by atoms with Crippen LogP contribution >= 0.6 is 31.9 Å². The first-order valence-corrected chi connectivity index (χ1v) is 7.92. The Morgan fingerprint density at radius 1 is 1.24 bits per heavy atom. The molecule has 0 spiro atoms. The number of aldehydes is 1. The number of carbonyl (C=O) groups is 1. The second-order valence-corrected chi connectivity index (χ2v) is 6.20. The van der Waals surface area contributed by atoms with Gasteiger partial charge >= 0.3 is 0 Å². The van der Waals surface area contributed by atoms with Crippen LogP contribution in [-0.4, -0.2) is 50.5 Å². The molecule has 0 aliphatic heterocycles. The zero-order valence-corrected chi connectivity index (χ0v) is 15.0. The predicted molar refractivity (Wildman–Crippen MR) is 86.0 cm³/mol. The fourth-order valence-electron chi connectivity index (χ4n) is 1.57. The summed E-state index contributed by atoms with van der Waals surface area (Å²) < 4.78 is 17.2. The number of benzene rings is 1. The highest BCUT2D eigenvalue weighted by atomic mass is 79.9. The Balaban J connectivity index is 2.49. The third kappa shape index (κ3) is 6.44. The summed E-state index contributed by atoms with van der Waals surface area (Å²) in [5, 5.41) is 9.83. The fraction of sp³-hybridized carbons (Fsp3) is 0.500. The number of ether oxygens (including phenoxy) is 3. The van der Waals surface area contributed by atoms with Gasteiger partial charge in [-0.25, -0.2) is 0 Å². The van der Waals surface area contributed by atoms with Gasteiger partial charge in [-0.1, -0.05) is 0 Å². The molecule has 0 radical (unpaired) electrons. The van der Waals surface area contributed by atoms with Gasteiger partial charge in [-0.05, 0) is 50.9 Å². The zero-order valence-electron chi connectivity index (χ0n) is 11.8. The minimum absolute atomic E-state index is 0.0807. The lowest BCUT2D eigenvalue weighted by Gasteiger charge is -2.17. The molecular weight excluding hydrogens is 408 g/mol. The maximum atomic E-state index is 10.7. The zero-order chi connectivity index (χ0) is 15.8. The van der Waals surface area contributed by atoms with E-state index in [4.69, 9.17) is 14.2 Å². The van der Waals surface area contributed by atoms with Gasteiger partial charge < -0.3 is 19.3 Å². The third-order valence-electron chi connectivity index (χ3n) is 2.55. The third-order valence-corrected chi connectivity index (χ3v) is 3.73. The largest absolute Gasteiger partial charge is 0.488 e. The molecule has 0 aromatic heterocycles. The van der Waals surface area contributed by atoms with E-state index in [9.17, 15) is 9.90 Å². The molecule has 21 heavy (non-hydrogen) atoms. The van der Waals surface area contributed by atoms with Crippen molar-refractivity contribution >= 4 is 38.1 Å². The van der Waals surface area contributed by atoms with E-state index in [0.29, 0.717) is 26.9 Å². The molecular formula is C14H18Br2O5. The van der Waals surface area contributed by atoms with Crippen molar-refractivity contribution in [1.29, 1.82) is 0 Å². The van der Waals surface area contributed by atoms with E-state index in [1.54, 1.807) is 19.2 Å². The molecule has 5 nitrogen and oxygen atoms in total. The van der Waals surface area contributed by atoms with Gasteiger partial charge in [0.15, 0.2) is 0 Å². The molecule has 1 aromatic rings. The Labute approximate surface area is 140 Å². The Hall–Kier alpha value is -0.470. The molecule has 0 saturated heterocycles. The van der Waals surface area contributed by atoms with E-state index >= 15 is 0 Å². The maximum Gasteiger partial charge on any atom is 0.150 e. The van der Waals surface area contributed by atoms with Gasteiger partial charge in [0.25, 0.3) is 0 Å². The number of aliphatic hydroxyl groups excluding tert-OH is 1. The van der Waals surface area contributed by atoms with Gasteiger partial charge in [-0.2, -0.15) is 0 Å². The molecule has 1 N–H and O–H groups in total. The summed E-state index contributed by atoms with van der Waals surface area (Å²) in [6.07, 6.45) is -0.0945. The van der Waals surface area contributed by atoms with Gasteiger partial charge in [0.1, 0.15) is 24.7 Å². The van der Waals surface area contributed by atoms with Crippen LogP contribution in [0.5, 0.6) is 5.75 Å². The number of hydrogen-bond donors (Lipinski definition) is 1. The molecule has 7 heteroatoms. The SMILES string of the molecule is COCC(C)OCC(O)COc1c(Br)cc(C=O)cc1Br. The monoisotopic (exact) mass is 424 g/mol. The van der Waals surface area contributed by atoms with Gasteiger partial charge in [-0.3, -0.25) is 4.79 Å². The van der Waals surface area contributed by atoms with Crippen LogP contribution in [0.1, 0.15) is 17.3 Å². The first kappa shape index (κ1) is 18.6.